The first-order valence-corrected chi connectivity index (χ1v) is 8.85. The number of imide groups is 1. The van der Waals surface area contributed by atoms with E-state index in [0.29, 0.717) is 0 Å². The molecule has 3 aromatic rings. The van der Waals surface area contributed by atoms with Gasteiger partial charge < -0.3 is 9.73 Å². The van der Waals surface area contributed by atoms with E-state index in [-0.39, 0.29) is 40.6 Å². The van der Waals surface area contributed by atoms with Crippen molar-refractivity contribution in [2.24, 2.45) is 0 Å². The highest BCUT2D eigenvalue weighted by molar-refractivity contribution is 6.13. The number of hydrogen-bond donors (Lipinski definition) is 1. The minimum absolute atomic E-state index is 0.0419. The summed E-state index contributed by atoms with van der Waals surface area (Å²) in [6.07, 6.45) is 1.32. The van der Waals surface area contributed by atoms with Crippen molar-refractivity contribution in [3.8, 4) is 11.3 Å². The summed E-state index contributed by atoms with van der Waals surface area (Å²) in [5, 5.41) is 13.6. The average Bonchev–Trinajstić information content (AvgIpc) is 3.30. The minimum atomic E-state index is -0.681. The van der Waals surface area contributed by atoms with Gasteiger partial charge in [-0.2, -0.15) is 0 Å². The lowest BCUT2D eigenvalue weighted by molar-refractivity contribution is -0.384. The van der Waals surface area contributed by atoms with Gasteiger partial charge in [-0.3, -0.25) is 19.8 Å². The molecule has 0 saturated carbocycles. The van der Waals surface area contributed by atoms with E-state index in [2.05, 4.69) is 5.32 Å². The molecule has 1 fully saturated rings. The third-order valence-electron chi connectivity index (χ3n) is 4.53. The van der Waals surface area contributed by atoms with Crippen molar-refractivity contribution in [3.05, 3.63) is 93.6 Å². The van der Waals surface area contributed by atoms with Crippen molar-refractivity contribution in [2.45, 2.75) is 6.54 Å². The first kappa shape index (κ1) is 19.1. The molecular formula is C21H14FN3O5. The molecule has 2 aromatic carbocycles. The van der Waals surface area contributed by atoms with Crippen LogP contribution in [0.25, 0.3) is 17.4 Å². The molecule has 3 amide bonds. The normalized spacial score (nSPS) is 15.0. The summed E-state index contributed by atoms with van der Waals surface area (Å²) in [4.78, 5) is 36.3. The molecule has 1 saturated heterocycles. The zero-order valence-electron chi connectivity index (χ0n) is 15.4. The molecule has 1 N–H and O–H groups in total. The molecule has 0 unspecified atom stereocenters. The Morgan fingerprint density at radius 3 is 2.57 bits per heavy atom. The number of carbonyl (C=O) groups excluding carboxylic acids is 2. The van der Waals surface area contributed by atoms with Crippen molar-refractivity contribution in [1.82, 2.24) is 10.2 Å². The minimum Gasteiger partial charge on any atom is -0.456 e. The van der Waals surface area contributed by atoms with Gasteiger partial charge in [0.25, 0.3) is 11.6 Å². The molecule has 1 aliphatic rings. The number of hydrogen-bond acceptors (Lipinski definition) is 5. The highest BCUT2D eigenvalue weighted by Gasteiger charge is 2.34. The summed E-state index contributed by atoms with van der Waals surface area (Å²) in [5.41, 5.74) is 0.334. The van der Waals surface area contributed by atoms with Crippen LogP contribution in [0.2, 0.25) is 0 Å². The average molecular weight is 407 g/mol. The monoisotopic (exact) mass is 407 g/mol. The molecule has 150 valence electrons. The van der Waals surface area contributed by atoms with Crippen LogP contribution >= 0.6 is 0 Å². The van der Waals surface area contributed by atoms with Gasteiger partial charge in [0.2, 0.25) is 0 Å². The van der Waals surface area contributed by atoms with Crippen molar-refractivity contribution >= 4 is 23.7 Å². The molecule has 30 heavy (non-hydrogen) atoms. The number of nitro benzene ring substituents is 1. The Bertz CT molecular complexity index is 1200. The van der Waals surface area contributed by atoms with Gasteiger partial charge in [-0.1, -0.05) is 30.3 Å². The van der Waals surface area contributed by atoms with Gasteiger partial charge in [-0.25, -0.2) is 9.18 Å². The molecule has 1 aliphatic heterocycles. The summed E-state index contributed by atoms with van der Waals surface area (Å²) in [5.74, 6) is -0.684. The Morgan fingerprint density at radius 2 is 1.80 bits per heavy atom. The van der Waals surface area contributed by atoms with Crippen LogP contribution in [0.4, 0.5) is 14.9 Å². The Balaban J connectivity index is 1.58. The van der Waals surface area contributed by atoms with E-state index in [1.165, 1.54) is 42.5 Å². The second-order valence-electron chi connectivity index (χ2n) is 6.45. The number of para-hydroxylation sites is 1. The highest BCUT2D eigenvalue weighted by atomic mass is 19.1. The number of urea groups is 1. The van der Waals surface area contributed by atoms with Crippen LogP contribution in [-0.2, 0) is 11.3 Å². The fraction of sp³-hybridized carbons (Fsp3) is 0.0476. The molecule has 9 heteroatoms. The summed E-state index contributed by atoms with van der Waals surface area (Å²) < 4.78 is 19.5. The molecule has 0 spiro atoms. The van der Waals surface area contributed by atoms with Crippen LogP contribution in [0.5, 0.6) is 0 Å². The van der Waals surface area contributed by atoms with Gasteiger partial charge >= 0.3 is 6.03 Å². The van der Waals surface area contributed by atoms with Crippen LogP contribution in [0.3, 0.4) is 0 Å². The van der Waals surface area contributed by atoms with Gasteiger partial charge in [0, 0.05) is 17.7 Å². The van der Waals surface area contributed by atoms with Crippen LogP contribution in [0.15, 0.2) is 70.8 Å². The topological polar surface area (TPSA) is 106 Å². The molecule has 0 bridgehead atoms. The molecule has 0 aliphatic carbocycles. The molecule has 0 radical (unpaired) electrons. The number of furan rings is 1. The third-order valence-corrected chi connectivity index (χ3v) is 4.53. The first-order chi connectivity index (χ1) is 14.4. The van der Waals surface area contributed by atoms with Crippen molar-refractivity contribution in [1.29, 1.82) is 0 Å². The highest BCUT2D eigenvalue weighted by Crippen LogP contribution is 2.31. The zero-order chi connectivity index (χ0) is 21.3. The van der Waals surface area contributed by atoms with Crippen LogP contribution in [0.1, 0.15) is 11.3 Å². The van der Waals surface area contributed by atoms with Crippen LogP contribution in [-0.4, -0.2) is 21.8 Å². The number of carbonyl (C=O) groups is 2. The zero-order valence-corrected chi connectivity index (χ0v) is 15.4. The molecular weight excluding hydrogens is 393 g/mol. The molecule has 1 aromatic heterocycles. The fourth-order valence-corrected chi connectivity index (χ4v) is 3.07. The second kappa shape index (κ2) is 7.63. The van der Waals surface area contributed by atoms with E-state index in [4.69, 9.17) is 4.42 Å². The maximum Gasteiger partial charge on any atom is 0.329 e. The van der Waals surface area contributed by atoms with Crippen LogP contribution < -0.4 is 5.32 Å². The number of rotatable bonds is 5. The van der Waals surface area contributed by atoms with Crippen LogP contribution in [0, 0.1) is 15.9 Å². The van der Waals surface area contributed by atoms with E-state index in [1.54, 1.807) is 24.3 Å². The number of nitrogens with one attached hydrogen (secondary N) is 1. The Hall–Kier alpha value is -4.27. The quantitative estimate of drug-likeness (QED) is 0.297. The number of nitro groups is 1. The van der Waals surface area contributed by atoms with E-state index in [0.717, 1.165) is 4.90 Å². The standard InChI is InChI=1S/C21H14FN3O5/c22-16-7-3-1-5-13(16)12-24-20(26)17(23-21(24)27)11-14-9-10-19(30-14)15-6-2-4-8-18(15)25(28)29/h1-11H,12H2,(H,23,27)/b17-11-. The van der Waals surface area contributed by atoms with Gasteiger partial charge in [-0.15, -0.1) is 0 Å². The Kier molecular flexibility index (Phi) is 4.85. The van der Waals surface area contributed by atoms with Gasteiger partial charge in [0.15, 0.2) is 0 Å². The lowest BCUT2D eigenvalue weighted by Gasteiger charge is -2.12. The maximum atomic E-state index is 13.8. The van der Waals surface area contributed by atoms with E-state index in [9.17, 15) is 24.1 Å². The summed E-state index contributed by atoms with van der Waals surface area (Å²) in [6.45, 7) is -0.214. The lowest BCUT2D eigenvalue weighted by Crippen LogP contribution is -2.30. The Morgan fingerprint density at radius 1 is 1.07 bits per heavy atom. The van der Waals surface area contributed by atoms with Gasteiger partial charge in [-0.05, 0) is 24.3 Å². The number of halogens is 1. The van der Waals surface area contributed by atoms with E-state index in [1.807, 2.05) is 0 Å². The third kappa shape index (κ3) is 3.55. The van der Waals surface area contributed by atoms with Crippen molar-refractivity contribution in [2.75, 3.05) is 0 Å². The SMILES string of the molecule is O=C1N/C(=C\c2ccc(-c3ccccc3[N+](=O)[O-])o2)C(=O)N1Cc1ccccc1F. The summed E-state index contributed by atoms with van der Waals surface area (Å²) in [6, 6.07) is 14.3. The molecule has 0 atom stereocenters. The maximum absolute atomic E-state index is 13.8. The predicted octanol–water partition coefficient (Wildman–Crippen LogP) is 4.09. The number of benzene rings is 2. The summed E-state index contributed by atoms with van der Waals surface area (Å²) >= 11 is 0. The van der Waals surface area contributed by atoms with Crippen molar-refractivity contribution in [3.63, 3.8) is 0 Å². The molecule has 2 heterocycles. The Labute approximate surface area is 169 Å². The largest absolute Gasteiger partial charge is 0.456 e. The summed E-state index contributed by atoms with van der Waals surface area (Å²) in [7, 11) is 0. The lowest BCUT2D eigenvalue weighted by atomic mass is 10.1. The fourth-order valence-electron chi connectivity index (χ4n) is 3.07. The molecule has 8 nitrogen and oxygen atoms in total. The first-order valence-electron chi connectivity index (χ1n) is 8.85. The second-order valence-corrected chi connectivity index (χ2v) is 6.45. The van der Waals surface area contributed by atoms with E-state index >= 15 is 0 Å². The smallest absolute Gasteiger partial charge is 0.329 e. The number of nitrogens with zero attached hydrogens (tertiary/aromatic N) is 2. The molecule has 4 rings (SSSR count). The predicted molar refractivity (Wildman–Crippen MR) is 104 cm³/mol. The number of amides is 3. The van der Waals surface area contributed by atoms with Gasteiger partial charge in [0.05, 0.1) is 17.0 Å². The van der Waals surface area contributed by atoms with Gasteiger partial charge in [0.1, 0.15) is 23.0 Å². The van der Waals surface area contributed by atoms with Crippen molar-refractivity contribution < 1.29 is 23.3 Å². The van der Waals surface area contributed by atoms with E-state index < -0.39 is 22.7 Å².